The molecule has 1 saturated heterocycles. The Balaban J connectivity index is 1.52. The molecule has 2 aromatic carbocycles. The quantitative estimate of drug-likeness (QED) is 0.711. The van der Waals surface area contributed by atoms with Crippen LogP contribution < -0.4 is 9.64 Å². The van der Waals surface area contributed by atoms with Crippen LogP contribution in [0.4, 0.5) is 14.5 Å². The summed E-state index contributed by atoms with van der Waals surface area (Å²) in [5.74, 6) is 0.0132. The van der Waals surface area contributed by atoms with Gasteiger partial charge in [-0.15, -0.1) is 0 Å². The molecule has 1 heterocycles. The lowest BCUT2D eigenvalue weighted by molar-refractivity contribution is -0.126. The van der Waals surface area contributed by atoms with Gasteiger partial charge >= 0.3 is 6.61 Å². The highest BCUT2D eigenvalue weighted by molar-refractivity contribution is 6.30. The predicted molar refractivity (Wildman–Crippen MR) is 102 cm³/mol. The number of amides is 1. The number of carbonyl (C=O) groups excluding carboxylic acids is 1. The molecule has 1 aliphatic rings. The Hall–Kier alpha value is -2.60. The van der Waals surface area contributed by atoms with Crippen molar-refractivity contribution in [2.24, 2.45) is 0 Å². The van der Waals surface area contributed by atoms with Gasteiger partial charge in [0.05, 0.1) is 0 Å². The van der Waals surface area contributed by atoms with Crippen molar-refractivity contribution >= 4 is 29.3 Å². The number of carbonyl (C=O) groups is 1. The molecule has 0 unspecified atom stereocenters. The molecule has 0 bridgehead atoms. The Kier molecular flexibility index (Phi) is 6.29. The van der Waals surface area contributed by atoms with Gasteiger partial charge in [-0.1, -0.05) is 29.8 Å². The SMILES string of the molecule is O=C(/C=C/c1ccc(OC(F)F)cc1)N1CCN(c2cccc(Cl)c2)CC1. The van der Waals surface area contributed by atoms with Crippen LogP contribution in [-0.4, -0.2) is 43.6 Å². The van der Waals surface area contributed by atoms with Crippen LogP contribution >= 0.6 is 11.6 Å². The second-order valence-corrected chi connectivity index (χ2v) is 6.51. The summed E-state index contributed by atoms with van der Waals surface area (Å²) in [4.78, 5) is 16.3. The molecule has 0 aliphatic carbocycles. The molecule has 0 atom stereocenters. The number of hydrogen-bond donors (Lipinski definition) is 0. The second-order valence-electron chi connectivity index (χ2n) is 6.07. The Bertz CT molecular complexity index is 804. The molecule has 1 aliphatic heterocycles. The van der Waals surface area contributed by atoms with E-state index in [0.717, 1.165) is 24.3 Å². The van der Waals surface area contributed by atoms with Gasteiger partial charge in [0.15, 0.2) is 0 Å². The van der Waals surface area contributed by atoms with E-state index in [1.54, 1.807) is 23.1 Å². The van der Waals surface area contributed by atoms with Crippen LogP contribution in [0.3, 0.4) is 0 Å². The summed E-state index contributed by atoms with van der Waals surface area (Å²) in [7, 11) is 0. The molecule has 142 valence electrons. The second kappa shape index (κ2) is 8.86. The summed E-state index contributed by atoms with van der Waals surface area (Å²) < 4.78 is 28.6. The predicted octanol–water partition coefficient (Wildman–Crippen LogP) is 4.30. The zero-order valence-corrected chi connectivity index (χ0v) is 15.3. The topological polar surface area (TPSA) is 32.8 Å². The highest BCUT2D eigenvalue weighted by Gasteiger charge is 2.19. The minimum absolute atomic E-state index is 0.0753. The minimum atomic E-state index is -2.85. The number of ether oxygens (including phenoxy) is 1. The number of halogens is 3. The highest BCUT2D eigenvalue weighted by Crippen LogP contribution is 2.21. The fraction of sp³-hybridized carbons (Fsp3) is 0.250. The number of rotatable bonds is 5. The van der Waals surface area contributed by atoms with E-state index in [9.17, 15) is 13.6 Å². The van der Waals surface area contributed by atoms with Gasteiger partial charge in [0.1, 0.15) is 5.75 Å². The van der Waals surface area contributed by atoms with E-state index >= 15 is 0 Å². The standard InChI is InChI=1S/C20H19ClF2N2O2/c21-16-2-1-3-17(14-16)24-10-12-25(13-11-24)19(26)9-6-15-4-7-18(8-5-15)27-20(22)23/h1-9,14,20H,10-13H2/b9-6+. The molecule has 7 heteroatoms. The molecule has 2 aromatic rings. The number of hydrogen-bond acceptors (Lipinski definition) is 3. The van der Waals surface area contributed by atoms with Crippen molar-refractivity contribution in [2.45, 2.75) is 6.61 Å². The summed E-state index contributed by atoms with van der Waals surface area (Å²) in [5, 5.41) is 0.693. The van der Waals surface area contributed by atoms with Gasteiger partial charge < -0.3 is 14.5 Å². The first kappa shape index (κ1) is 19.2. The largest absolute Gasteiger partial charge is 0.435 e. The third-order valence-corrected chi connectivity index (χ3v) is 4.52. The maximum Gasteiger partial charge on any atom is 0.387 e. The molecule has 1 amide bonds. The van der Waals surface area contributed by atoms with Crippen molar-refractivity contribution in [2.75, 3.05) is 31.1 Å². The van der Waals surface area contributed by atoms with Crippen molar-refractivity contribution in [3.8, 4) is 5.75 Å². The Labute approximate surface area is 161 Å². The lowest BCUT2D eigenvalue weighted by Gasteiger charge is -2.35. The number of anilines is 1. The van der Waals surface area contributed by atoms with E-state index in [1.165, 1.54) is 18.2 Å². The summed E-state index contributed by atoms with van der Waals surface area (Å²) in [6.45, 7) is -0.133. The Morgan fingerprint density at radius 1 is 1.07 bits per heavy atom. The van der Waals surface area contributed by atoms with E-state index in [1.807, 2.05) is 24.3 Å². The van der Waals surface area contributed by atoms with Crippen LogP contribution in [0.1, 0.15) is 5.56 Å². The van der Waals surface area contributed by atoms with Gasteiger partial charge in [0, 0.05) is 43.0 Å². The van der Waals surface area contributed by atoms with E-state index in [0.29, 0.717) is 18.1 Å². The smallest absolute Gasteiger partial charge is 0.387 e. The van der Waals surface area contributed by atoms with Gasteiger partial charge in [-0.05, 0) is 42.0 Å². The van der Waals surface area contributed by atoms with Crippen molar-refractivity contribution in [3.05, 3.63) is 65.2 Å². The fourth-order valence-corrected chi connectivity index (χ4v) is 3.08. The molecule has 0 N–H and O–H groups in total. The maximum absolute atomic E-state index is 12.4. The first-order valence-corrected chi connectivity index (χ1v) is 8.91. The normalized spacial score (nSPS) is 14.8. The summed E-state index contributed by atoms with van der Waals surface area (Å²) in [6.07, 6.45) is 3.16. The molecule has 4 nitrogen and oxygen atoms in total. The molecular formula is C20H19ClF2N2O2. The Morgan fingerprint density at radius 3 is 2.41 bits per heavy atom. The van der Waals surface area contributed by atoms with Crippen LogP contribution in [0.25, 0.3) is 6.08 Å². The molecule has 0 spiro atoms. The Morgan fingerprint density at radius 2 is 1.78 bits per heavy atom. The van der Waals surface area contributed by atoms with Crippen LogP contribution in [0, 0.1) is 0 Å². The molecule has 0 radical (unpaired) electrons. The zero-order valence-electron chi connectivity index (χ0n) is 14.5. The van der Waals surface area contributed by atoms with E-state index < -0.39 is 6.61 Å². The first-order valence-electron chi connectivity index (χ1n) is 8.53. The highest BCUT2D eigenvalue weighted by atomic mass is 35.5. The molecule has 1 fully saturated rings. The lowest BCUT2D eigenvalue weighted by atomic mass is 10.2. The third kappa shape index (κ3) is 5.44. The summed E-state index contributed by atoms with van der Waals surface area (Å²) in [5.41, 5.74) is 1.79. The van der Waals surface area contributed by atoms with E-state index in [-0.39, 0.29) is 11.7 Å². The zero-order chi connectivity index (χ0) is 19.2. The van der Waals surface area contributed by atoms with Crippen molar-refractivity contribution in [1.29, 1.82) is 0 Å². The molecule has 3 rings (SSSR count). The average molecular weight is 393 g/mol. The molecular weight excluding hydrogens is 374 g/mol. The number of alkyl halides is 2. The van der Waals surface area contributed by atoms with Gasteiger partial charge in [-0.25, -0.2) is 0 Å². The fourth-order valence-electron chi connectivity index (χ4n) is 2.89. The third-order valence-electron chi connectivity index (χ3n) is 4.29. The van der Waals surface area contributed by atoms with Gasteiger partial charge in [0.25, 0.3) is 0 Å². The summed E-state index contributed by atoms with van der Waals surface area (Å²) in [6, 6.07) is 13.8. The molecule has 0 aromatic heterocycles. The van der Waals surface area contributed by atoms with E-state index in [2.05, 4.69) is 9.64 Å². The monoisotopic (exact) mass is 392 g/mol. The van der Waals surface area contributed by atoms with Gasteiger partial charge in [-0.2, -0.15) is 8.78 Å². The number of piperazine rings is 1. The van der Waals surface area contributed by atoms with Crippen molar-refractivity contribution in [3.63, 3.8) is 0 Å². The van der Waals surface area contributed by atoms with Gasteiger partial charge in [-0.3, -0.25) is 4.79 Å². The molecule has 27 heavy (non-hydrogen) atoms. The van der Waals surface area contributed by atoms with Crippen LogP contribution in [-0.2, 0) is 4.79 Å². The van der Waals surface area contributed by atoms with Crippen molar-refractivity contribution in [1.82, 2.24) is 4.90 Å². The summed E-state index contributed by atoms with van der Waals surface area (Å²) >= 11 is 6.03. The van der Waals surface area contributed by atoms with Crippen LogP contribution in [0.2, 0.25) is 5.02 Å². The molecule has 0 saturated carbocycles. The minimum Gasteiger partial charge on any atom is -0.435 e. The van der Waals surface area contributed by atoms with Crippen molar-refractivity contribution < 1.29 is 18.3 Å². The number of benzene rings is 2. The van der Waals surface area contributed by atoms with Crippen LogP contribution in [0.5, 0.6) is 5.75 Å². The lowest BCUT2D eigenvalue weighted by Crippen LogP contribution is -2.48. The average Bonchev–Trinajstić information content (AvgIpc) is 2.67. The van der Waals surface area contributed by atoms with Gasteiger partial charge in [0.2, 0.25) is 5.91 Å². The van der Waals surface area contributed by atoms with Crippen LogP contribution in [0.15, 0.2) is 54.6 Å². The van der Waals surface area contributed by atoms with E-state index in [4.69, 9.17) is 11.6 Å². The first-order chi connectivity index (χ1) is 13.0. The number of nitrogens with zero attached hydrogens (tertiary/aromatic N) is 2. The maximum atomic E-state index is 12.4.